The molecular formula is C11H21NO3. The first-order valence-corrected chi connectivity index (χ1v) is 5.24. The standard InChI is InChI=1S/C11H21NO3/c1-6-8(2)9(12-7-13)10(14)15-11(3,4)5/h7-9H,6H2,1-5H3,(H,12,13)/t8-,9-/m0/s1. The highest BCUT2D eigenvalue weighted by Crippen LogP contribution is 2.14. The van der Waals surface area contributed by atoms with Gasteiger partial charge in [-0.3, -0.25) is 4.79 Å². The van der Waals surface area contributed by atoms with Gasteiger partial charge in [0.2, 0.25) is 6.41 Å². The summed E-state index contributed by atoms with van der Waals surface area (Å²) < 4.78 is 5.22. The molecule has 0 heterocycles. The summed E-state index contributed by atoms with van der Waals surface area (Å²) in [5, 5.41) is 2.50. The maximum atomic E-state index is 11.7. The van der Waals surface area contributed by atoms with Crippen molar-refractivity contribution in [2.45, 2.75) is 52.7 Å². The lowest BCUT2D eigenvalue weighted by Crippen LogP contribution is -2.44. The highest BCUT2D eigenvalue weighted by molar-refractivity contribution is 5.78. The average Bonchev–Trinajstić information content (AvgIpc) is 2.10. The van der Waals surface area contributed by atoms with Crippen LogP contribution in [0.4, 0.5) is 0 Å². The number of esters is 1. The summed E-state index contributed by atoms with van der Waals surface area (Å²) in [6.07, 6.45) is 1.35. The van der Waals surface area contributed by atoms with Crippen LogP contribution in [0.2, 0.25) is 0 Å². The minimum atomic E-state index is -0.549. The van der Waals surface area contributed by atoms with E-state index in [9.17, 15) is 9.59 Å². The normalized spacial score (nSPS) is 15.3. The van der Waals surface area contributed by atoms with E-state index in [1.165, 1.54) is 0 Å². The second kappa shape index (κ2) is 5.73. The van der Waals surface area contributed by atoms with Gasteiger partial charge in [-0.1, -0.05) is 20.3 Å². The van der Waals surface area contributed by atoms with Crippen molar-refractivity contribution in [3.8, 4) is 0 Å². The Hall–Kier alpha value is -1.06. The van der Waals surface area contributed by atoms with Gasteiger partial charge in [-0.05, 0) is 26.7 Å². The molecule has 0 aromatic carbocycles. The average molecular weight is 215 g/mol. The molecule has 0 radical (unpaired) electrons. The van der Waals surface area contributed by atoms with E-state index in [0.717, 1.165) is 6.42 Å². The first-order valence-electron chi connectivity index (χ1n) is 5.24. The predicted molar refractivity (Wildman–Crippen MR) is 58.3 cm³/mol. The van der Waals surface area contributed by atoms with E-state index < -0.39 is 11.6 Å². The summed E-state index contributed by atoms with van der Waals surface area (Å²) in [6, 6.07) is -0.549. The van der Waals surface area contributed by atoms with Crippen molar-refractivity contribution in [1.82, 2.24) is 5.32 Å². The number of hydrogen-bond donors (Lipinski definition) is 1. The van der Waals surface area contributed by atoms with E-state index in [4.69, 9.17) is 4.74 Å². The molecule has 4 nitrogen and oxygen atoms in total. The van der Waals surface area contributed by atoms with Crippen LogP contribution < -0.4 is 5.32 Å². The first-order chi connectivity index (χ1) is 6.81. The van der Waals surface area contributed by atoms with Crippen LogP contribution in [-0.2, 0) is 14.3 Å². The largest absolute Gasteiger partial charge is 0.458 e. The zero-order valence-electron chi connectivity index (χ0n) is 10.2. The Bertz CT molecular complexity index is 220. The van der Waals surface area contributed by atoms with Crippen LogP contribution in [0, 0.1) is 5.92 Å². The molecule has 0 bridgehead atoms. The molecule has 0 aromatic heterocycles. The third-order valence-electron chi connectivity index (χ3n) is 2.12. The number of carbonyl (C=O) groups is 2. The highest BCUT2D eigenvalue weighted by atomic mass is 16.6. The zero-order chi connectivity index (χ0) is 12.1. The Morgan fingerprint density at radius 1 is 1.47 bits per heavy atom. The van der Waals surface area contributed by atoms with Gasteiger partial charge in [-0.25, -0.2) is 4.79 Å². The minimum absolute atomic E-state index is 0.0741. The van der Waals surface area contributed by atoms with Gasteiger partial charge in [0, 0.05) is 0 Å². The fourth-order valence-corrected chi connectivity index (χ4v) is 1.14. The van der Waals surface area contributed by atoms with E-state index in [-0.39, 0.29) is 11.9 Å². The molecule has 88 valence electrons. The van der Waals surface area contributed by atoms with Crippen LogP contribution in [0.1, 0.15) is 41.0 Å². The molecule has 1 amide bonds. The molecule has 0 unspecified atom stereocenters. The number of amides is 1. The monoisotopic (exact) mass is 215 g/mol. The molecule has 0 aliphatic heterocycles. The number of carbonyl (C=O) groups excluding carboxylic acids is 2. The fourth-order valence-electron chi connectivity index (χ4n) is 1.14. The topological polar surface area (TPSA) is 55.4 Å². The van der Waals surface area contributed by atoms with Crippen molar-refractivity contribution in [1.29, 1.82) is 0 Å². The zero-order valence-corrected chi connectivity index (χ0v) is 10.2. The first kappa shape index (κ1) is 13.9. The van der Waals surface area contributed by atoms with Crippen LogP contribution in [-0.4, -0.2) is 24.0 Å². The van der Waals surface area contributed by atoms with Gasteiger partial charge in [0.15, 0.2) is 0 Å². The van der Waals surface area contributed by atoms with Crippen molar-refractivity contribution in [3.63, 3.8) is 0 Å². The lowest BCUT2D eigenvalue weighted by Gasteiger charge is -2.26. The lowest BCUT2D eigenvalue weighted by atomic mass is 9.99. The van der Waals surface area contributed by atoms with Crippen LogP contribution in [0.15, 0.2) is 0 Å². The van der Waals surface area contributed by atoms with Crippen molar-refractivity contribution >= 4 is 12.4 Å². The number of rotatable bonds is 5. The van der Waals surface area contributed by atoms with Gasteiger partial charge in [-0.15, -0.1) is 0 Å². The molecule has 0 aromatic rings. The van der Waals surface area contributed by atoms with Gasteiger partial charge in [0.25, 0.3) is 0 Å². The Balaban J connectivity index is 4.48. The van der Waals surface area contributed by atoms with Crippen LogP contribution >= 0.6 is 0 Å². The predicted octanol–water partition coefficient (Wildman–Crippen LogP) is 1.49. The Kier molecular flexibility index (Phi) is 5.33. The maximum absolute atomic E-state index is 11.7. The second-order valence-electron chi connectivity index (χ2n) is 4.68. The third kappa shape index (κ3) is 5.40. The number of hydrogen-bond acceptors (Lipinski definition) is 3. The Morgan fingerprint density at radius 2 is 2.00 bits per heavy atom. The van der Waals surface area contributed by atoms with Crippen LogP contribution in [0.5, 0.6) is 0 Å². The Labute approximate surface area is 91.4 Å². The third-order valence-corrected chi connectivity index (χ3v) is 2.12. The van der Waals surface area contributed by atoms with E-state index in [0.29, 0.717) is 6.41 Å². The minimum Gasteiger partial charge on any atom is -0.458 e. The quantitative estimate of drug-likeness (QED) is 0.558. The molecule has 0 fully saturated rings. The van der Waals surface area contributed by atoms with Gasteiger partial charge in [-0.2, -0.15) is 0 Å². The van der Waals surface area contributed by atoms with Crippen LogP contribution in [0.3, 0.4) is 0 Å². The molecule has 15 heavy (non-hydrogen) atoms. The van der Waals surface area contributed by atoms with Gasteiger partial charge < -0.3 is 10.1 Å². The van der Waals surface area contributed by atoms with Crippen molar-refractivity contribution in [2.24, 2.45) is 5.92 Å². The van der Waals surface area contributed by atoms with Gasteiger partial charge in [0.1, 0.15) is 11.6 Å². The molecule has 0 saturated heterocycles. The van der Waals surface area contributed by atoms with E-state index in [2.05, 4.69) is 5.32 Å². The highest BCUT2D eigenvalue weighted by Gasteiger charge is 2.28. The number of ether oxygens (including phenoxy) is 1. The molecule has 0 rings (SSSR count). The van der Waals surface area contributed by atoms with Crippen molar-refractivity contribution in [2.75, 3.05) is 0 Å². The molecule has 0 spiro atoms. The van der Waals surface area contributed by atoms with Gasteiger partial charge >= 0.3 is 5.97 Å². The van der Waals surface area contributed by atoms with E-state index in [1.807, 2.05) is 13.8 Å². The molecule has 0 aliphatic rings. The molecular weight excluding hydrogens is 194 g/mol. The molecule has 1 N–H and O–H groups in total. The summed E-state index contributed by atoms with van der Waals surface area (Å²) >= 11 is 0. The Morgan fingerprint density at radius 3 is 2.33 bits per heavy atom. The number of nitrogens with one attached hydrogen (secondary N) is 1. The molecule has 0 aliphatic carbocycles. The van der Waals surface area contributed by atoms with Crippen molar-refractivity contribution in [3.05, 3.63) is 0 Å². The smallest absolute Gasteiger partial charge is 0.329 e. The van der Waals surface area contributed by atoms with Crippen molar-refractivity contribution < 1.29 is 14.3 Å². The SMILES string of the molecule is CC[C@H](C)[C@H](NC=O)C(=O)OC(C)(C)C. The second-order valence-corrected chi connectivity index (χ2v) is 4.68. The fraction of sp³-hybridized carbons (Fsp3) is 0.818. The molecule has 2 atom stereocenters. The van der Waals surface area contributed by atoms with Crippen LogP contribution in [0.25, 0.3) is 0 Å². The summed E-state index contributed by atoms with van der Waals surface area (Å²) in [6.45, 7) is 9.29. The molecule has 4 heteroatoms. The molecule has 0 saturated carbocycles. The summed E-state index contributed by atoms with van der Waals surface area (Å²) in [4.78, 5) is 22.1. The van der Waals surface area contributed by atoms with E-state index in [1.54, 1.807) is 20.8 Å². The lowest BCUT2D eigenvalue weighted by molar-refractivity contribution is -0.159. The van der Waals surface area contributed by atoms with Gasteiger partial charge in [0.05, 0.1) is 0 Å². The summed E-state index contributed by atoms with van der Waals surface area (Å²) in [5.74, 6) is -0.297. The summed E-state index contributed by atoms with van der Waals surface area (Å²) in [7, 11) is 0. The maximum Gasteiger partial charge on any atom is 0.329 e. The summed E-state index contributed by atoms with van der Waals surface area (Å²) in [5.41, 5.74) is -0.520. The van der Waals surface area contributed by atoms with E-state index >= 15 is 0 Å².